The number of amides is 3. The van der Waals surface area contributed by atoms with Gasteiger partial charge in [-0.1, -0.05) is 17.7 Å². The van der Waals surface area contributed by atoms with Gasteiger partial charge in [0, 0.05) is 18.7 Å². The maximum atomic E-state index is 12.4. The molecule has 1 aliphatic rings. The Morgan fingerprint density at radius 1 is 1.04 bits per heavy atom. The van der Waals surface area contributed by atoms with Crippen LogP contribution in [0.25, 0.3) is 0 Å². The Balaban J connectivity index is 1.61. The predicted molar refractivity (Wildman–Crippen MR) is 102 cm³/mol. The van der Waals surface area contributed by atoms with Crippen LogP contribution in [0.2, 0.25) is 0 Å². The van der Waals surface area contributed by atoms with Crippen molar-refractivity contribution in [3.8, 4) is 0 Å². The monoisotopic (exact) mass is 380 g/mol. The van der Waals surface area contributed by atoms with E-state index in [9.17, 15) is 19.2 Å². The van der Waals surface area contributed by atoms with Crippen LogP contribution in [0.5, 0.6) is 0 Å². The summed E-state index contributed by atoms with van der Waals surface area (Å²) in [5.41, 5.74) is 2.38. The van der Waals surface area contributed by atoms with Crippen LogP contribution >= 0.6 is 0 Å². The van der Waals surface area contributed by atoms with E-state index in [0.29, 0.717) is 22.4 Å². The second-order valence-corrected chi connectivity index (χ2v) is 6.41. The van der Waals surface area contributed by atoms with Gasteiger partial charge in [0.1, 0.15) is 0 Å². The van der Waals surface area contributed by atoms with E-state index in [4.69, 9.17) is 4.74 Å². The lowest BCUT2D eigenvalue weighted by Gasteiger charge is -2.13. The number of imide groups is 1. The van der Waals surface area contributed by atoms with Crippen LogP contribution in [0.15, 0.2) is 42.5 Å². The Kier molecular flexibility index (Phi) is 5.54. The van der Waals surface area contributed by atoms with Gasteiger partial charge < -0.3 is 10.1 Å². The van der Waals surface area contributed by atoms with Gasteiger partial charge >= 0.3 is 5.97 Å². The van der Waals surface area contributed by atoms with Crippen LogP contribution in [0.1, 0.15) is 50.0 Å². The van der Waals surface area contributed by atoms with Crippen molar-refractivity contribution in [2.24, 2.45) is 0 Å². The van der Waals surface area contributed by atoms with Crippen molar-refractivity contribution in [2.45, 2.75) is 20.3 Å². The molecule has 0 radical (unpaired) electrons. The molecule has 0 atom stereocenters. The van der Waals surface area contributed by atoms with Crippen LogP contribution in [0.3, 0.4) is 0 Å². The minimum absolute atomic E-state index is 0.0191. The largest absolute Gasteiger partial charge is 0.462 e. The van der Waals surface area contributed by atoms with Crippen molar-refractivity contribution in [3.63, 3.8) is 0 Å². The van der Waals surface area contributed by atoms with E-state index < -0.39 is 11.9 Å². The van der Waals surface area contributed by atoms with E-state index in [1.165, 1.54) is 6.07 Å². The highest BCUT2D eigenvalue weighted by atomic mass is 16.5. The summed E-state index contributed by atoms with van der Waals surface area (Å²) in [7, 11) is 0. The zero-order valence-electron chi connectivity index (χ0n) is 15.7. The Hall–Kier alpha value is -3.48. The minimum atomic E-state index is -0.472. The van der Waals surface area contributed by atoms with Crippen molar-refractivity contribution >= 4 is 29.4 Å². The summed E-state index contributed by atoms with van der Waals surface area (Å²) < 4.78 is 4.93. The first-order chi connectivity index (χ1) is 13.4. The molecule has 0 unspecified atom stereocenters. The molecule has 3 rings (SSSR count). The summed E-state index contributed by atoms with van der Waals surface area (Å²) >= 11 is 0. The first kappa shape index (κ1) is 19.3. The highest BCUT2D eigenvalue weighted by Gasteiger charge is 2.35. The molecule has 0 saturated carbocycles. The molecule has 2 aromatic carbocycles. The fourth-order valence-corrected chi connectivity index (χ4v) is 2.98. The number of ether oxygens (including phenoxy) is 1. The van der Waals surface area contributed by atoms with Crippen molar-refractivity contribution in [3.05, 3.63) is 64.7 Å². The molecule has 1 heterocycles. The maximum Gasteiger partial charge on any atom is 0.338 e. The van der Waals surface area contributed by atoms with Gasteiger partial charge in [0.2, 0.25) is 5.91 Å². The standard InChI is InChI=1S/C21H20N2O5/c1-3-28-21(27)14-5-4-6-15(12-14)22-18(24)9-10-23-19(25)16-8-7-13(2)11-17(16)20(23)26/h4-8,11-12H,3,9-10H2,1-2H3,(H,22,24). The van der Waals surface area contributed by atoms with Gasteiger partial charge in [-0.05, 0) is 44.2 Å². The first-order valence-corrected chi connectivity index (χ1v) is 8.94. The van der Waals surface area contributed by atoms with Gasteiger partial charge in [0.25, 0.3) is 11.8 Å². The molecule has 0 bridgehead atoms. The van der Waals surface area contributed by atoms with Crippen molar-refractivity contribution in [2.75, 3.05) is 18.5 Å². The summed E-state index contributed by atoms with van der Waals surface area (Å²) in [5, 5.41) is 2.67. The number of nitrogens with zero attached hydrogens (tertiary/aromatic N) is 1. The van der Waals surface area contributed by atoms with Crippen LogP contribution in [-0.4, -0.2) is 41.7 Å². The lowest BCUT2D eigenvalue weighted by atomic mass is 10.1. The number of hydrogen-bond donors (Lipinski definition) is 1. The number of nitrogens with one attached hydrogen (secondary N) is 1. The Morgan fingerprint density at radius 2 is 1.79 bits per heavy atom. The van der Waals surface area contributed by atoms with E-state index in [1.54, 1.807) is 43.3 Å². The topological polar surface area (TPSA) is 92.8 Å². The van der Waals surface area contributed by atoms with Gasteiger partial charge in [-0.25, -0.2) is 4.79 Å². The van der Waals surface area contributed by atoms with Crippen molar-refractivity contribution in [1.29, 1.82) is 0 Å². The number of benzene rings is 2. The zero-order chi connectivity index (χ0) is 20.3. The second-order valence-electron chi connectivity index (χ2n) is 6.41. The van der Waals surface area contributed by atoms with Gasteiger partial charge in [0.15, 0.2) is 0 Å². The molecule has 7 heteroatoms. The number of esters is 1. The van der Waals surface area contributed by atoms with Crippen LogP contribution in [0.4, 0.5) is 5.69 Å². The summed E-state index contributed by atoms with van der Waals surface area (Å²) in [6, 6.07) is 11.5. The molecular weight excluding hydrogens is 360 g/mol. The van der Waals surface area contributed by atoms with E-state index in [0.717, 1.165) is 10.5 Å². The zero-order valence-corrected chi connectivity index (χ0v) is 15.7. The highest BCUT2D eigenvalue weighted by molar-refractivity contribution is 6.21. The van der Waals surface area contributed by atoms with Gasteiger partial charge in [0.05, 0.1) is 23.3 Å². The molecule has 0 saturated heterocycles. The smallest absolute Gasteiger partial charge is 0.338 e. The first-order valence-electron chi connectivity index (χ1n) is 8.94. The van der Waals surface area contributed by atoms with Crippen molar-refractivity contribution < 1.29 is 23.9 Å². The minimum Gasteiger partial charge on any atom is -0.462 e. The third kappa shape index (κ3) is 3.93. The number of carbonyl (C=O) groups is 4. The summed E-state index contributed by atoms with van der Waals surface area (Å²) in [5.74, 6) is -1.62. The highest BCUT2D eigenvalue weighted by Crippen LogP contribution is 2.24. The molecule has 2 aromatic rings. The lowest BCUT2D eigenvalue weighted by molar-refractivity contribution is -0.116. The fourth-order valence-electron chi connectivity index (χ4n) is 2.98. The molecule has 144 valence electrons. The molecule has 1 N–H and O–H groups in total. The van der Waals surface area contributed by atoms with E-state index in [-0.39, 0.29) is 31.4 Å². The number of carbonyl (C=O) groups excluding carboxylic acids is 4. The molecule has 0 spiro atoms. The molecule has 0 fully saturated rings. The quantitative estimate of drug-likeness (QED) is 0.614. The predicted octanol–water partition coefficient (Wildman–Crippen LogP) is 2.80. The Bertz CT molecular complexity index is 967. The summed E-state index contributed by atoms with van der Waals surface area (Å²) in [4.78, 5) is 49.9. The summed E-state index contributed by atoms with van der Waals surface area (Å²) in [6.45, 7) is 3.80. The lowest BCUT2D eigenvalue weighted by Crippen LogP contribution is -2.32. The average molecular weight is 380 g/mol. The molecule has 7 nitrogen and oxygen atoms in total. The van der Waals surface area contributed by atoms with Gasteiger partial charge in [-0.15, -0.1) is 0 Å². The Morgan fingerprint density at radius 3 is 2.54 bits per heavy atom. The molecular formula is C21H20N2O5. The third-order valence-electron chi connectivity index (χ3n) is 4.35. The molecule has 0 aliphatic carbocycles. The van der Waals surface area contributed by atoms with Gasteiger partial charge in [-0.2, -0.15) is 0 Å². The molecule has 28 heavy (non-hydrogen) atoms. The maximum absolute atomic E-state index is 12.4. The SMILES string of the molecule is CCOC(=O)c1cccc(NC(=O)CCN2C(=O)c3ccc(C)cc3C2=O)c1. The van der Waals surface area contributed by atoms with Gasteiger partial charge in [-0.3, -0.25) is 19.3 Å². The Labute approximate surface area is 162 Å². The third-order valence-corrected chi connectivity index (χ3v) is 4.35. The van der Waals surface area contributed by atoms with Crippen LogP contribution in [0, 0.1) is 6.92 Å². The number of rotatable bonds is 6. The van der Waals surface area contributed by atoms with E-state index in [1.807, 2.05) is 6.92 Å². The molecule has 0 aromatic heterocycles. The van der Waals surface area contributed by atoms with Crippen LogP contribution in [-0.2, 0) is 9.53 Å². The fraction of sp³-hybridized carbons (Fsp3) is 0.238. The van der Waals surface area contributed by atoms with E-state index >= 15 is 0 Å². The number of aryl methyl sites for hydroxylation is 1. The average Bonchev–Trinajstić information content (AvgIpc) is 2.90. The number of fused-ring (bicyclic) bond motifs is 1. The van der Waals surface area contributed by atoms with Crippen molar-refractivity contribution in [1.82, 2.24) is 4.90 Å². The number of anilines is 1. The van der Waals surface area contributed by atoms with Crippen LogP contribution < -0.4 is 5.32 Å². The second kappa shape index (κ2) is 8.04. The summed E-state index contributed by atoms with van der Waals surface area (Å²) in [6.07, 6.45) is -0.0475. The van der Waals surface area contributed by atoms with E-state index in [2.05, 4.69) is 5.32 Å². The molecule has 1 aliphatic heterocycles. The molecule has 3 amide bonds. The number of hydrogen-bond acceptors (Lipinski definition) is 5. The normalized spacial score (nSPS) is 12.7.